The molecule has 2 aromatic rings. The summed E-state index contributed by atoms with van der Waals surface area (Å²) in [7, 11) is 0. The number of para-hydroxylation sites is 1. The van der Waals surface area contributed by atoms with Crippen molar-refractivity contribution in [1.82, 2.24) is 4.98 Å². The third-order valence-electron chi connectivity index (χ3n) is 3.90. The molecule has 23 heavy (non-hydrogen) atoms. The van der Waals surface area contributed by atoms with E-state index in [1.807, 2.05) is 18.2 Å². The lowest BCUT2D eigenvalue weighted by Crippen LogP contribution is -2.35. The third-order valence-corrected chi connectivity index (χ3v) is 3.90. The van der Waals surface area contributed by atoms with Crippen LogP contribution in [-0.4, -0.2) is 30.1 Å². The van der Waals surface area contributed by atoms with E-state index in [-0.39, 0.29) is 24.0 Å². The normalized spacial score (nSPS) is 14.8. The van der Waals surface area contributed by atoms with Crippen LogP contribution in [0.15, 0.2) is 53.7 Å². The Balaban J connectivity index is 0.00000192. The highest BCUT2D eigenvalue weighted by molar-refractivity contribution is 14.0. The number of nitrogens with zero attached hydrogens (tertiary/aromatic N) is 3. The molecule has 2 heterocycles. The monoisotopic (exact) mass is 423 g/mol. The van der Waals surface area contributed by atoms with Crippen LogP contribution < -0.4 is 16.0 Å². The zero-order valence-corrected chi connectivity index (χ0v) is 15.5. The average molecular weight is 423 g/mol. The van der Waals surface area contributed by atoms with Crippen molar-refractivity contribution in [2.24, 2.45) is 10.7 Å². The first-order valence-corrected chi connectivity index (χ1v) is 7.56. The van der Waals surface area contributed by atoms with E-state index in [0.29, 0.717) is 24.4 Å². The minimum absolute atomic E-state index is 0. The molecule has 0 bridgehead atoms. The van der Waals surface area contributed by atoms with Gasteiger partial charge in [0.25, 0.3) is 0 Å². The predicted molar refractivity (Wildman–Crippen MR) is 107 cm³/mol. The van der Waals surface area contributed by atoms with Crippen LogP contribution in [0.4, 0.5) is 11.5 Å². The maximum atomic E-state index is 5.93. The SMILES string of the molecule is CC(CN=C(N)Nc1ccccn1)N1CCc2ccccc21.I. The van der Waals surface area contributed by atoms with Gasteiger partial charge >= 0.3 is 0 Å². The Morgan fingerprint density at radius 1 is 1.30 bits per heavy atom. The first kappa shape index (κ1) is 17.5. The Labute approximate surface area is 154 Å². The Kier molecular flexibility index (Phi) is 6.20. The number of aliphatic imine (C=N–C) groups is 1. The van der Waals surface area contributed by atoms with Crippen molar-refractivity contribution in [3.05, 3.63) is 54.2 Å². The van der Waals surface area contributed by atoms with Crippen LogP contribution in [0.5, 0.6) is 0 Å². The van der Waals surface area contributed by atoms with Gasteiger partial charge in [-0.05, 0) is 37.1 Å². The average Bonchev–Trinajstić information content (AvgIpc) is 2.98. The number of benzene rings is 1. The summed E-state index contributed by atoms with van der Waals surface area (Å²) in [6.07, 6.45) is 2.82. The fraction of sp³-hybridized carbons (Fsp3) is 0.294. The van der Waals surface area contributed by atoms with Crippen molar-refractivity contribution in [1.29, 1.82) is 0 Å². The molecule has 1 aliphatic heterocycles. The minimum atomic E-state index is 0. The molecule has 1 aromatic carbocycles. The second-order valence-electron chi connectivity index (χ2n) is 5.49. The molecule has 1 unspecified atom stereocenters. The smallest absolute Gasteiger partial charge is 0.194 e. The van der Waals surface area contributed by atoms with Crippen LogP contribution in [-0.2, 0) is 6.42 Å². The summed E-state index contributed by atoms with van der Waals surface area (Å²) in [6.45, 7) is 3.88. The molecule has 3 N–H and O–H groups in total. The van der Waals surface area contributed by atoms with Gasteiger partial charge in [-0.2, -0.15) is 0 Å². The first-order valence-electron chi connectivity index (χ1n) is 7.56. The minimum Gasteiger partial charge on any atom is -0.370 e. The van der Waals surface area contributed by atoms with E-state index in [2.05, 4.69) is 51.4 Å². The summed E-state index contributed by atoms with van der Waals surface area (Å²) in [6, 6.07) is 14.5. The first-order chi connectivity index (χ1) is 10.7. The predicted octanol–water partition coefficient (Wildman–Crippen LogP) is 2.88. The molecule has 5 nitrogen and oxygen atoms in total. The lowest BCUT2D eigenvalue weighted by molar-refractivity contribution is 0.663. The second kappa shape index (κ2) is 8.14. The van der Waals surface area contributed by atoms with Crippen molar-refractivity contribution >= 4 is 41.4 Å². The highest BCUT2D eigenvalue weighted by Crippen LogP contribution is 2.29. The van der Waals surface area contributed by atoms with E-state index in [1.165, 1.54) is 11.3 Å². The maximum absolute atomic E-state index is 5.93. The van der Waals surface area contributed by atoms with Crippen LogP contribution in [0.1, 0.15) is 12.5 Å². The number of guanidine groups is 1. The number of nitrogens with two attached hydrogens (primary N) is 1. The lowest BCUT2D eigenvalue weighted by Gasteiger charge is -2.26. The van der Waals surface area contributed by atoms with E-state index in [9.17, 15) is 0 Å². The molecule has 3 rings (SSSR count). The second-order valence-corrected chi connectivity index (χ2v) is 5.49. The van der Waals surface area contributed by atoms with Gasteiger partial charge in [0, 0.05) is 24.5 Å². The van der Waals surface area contributed by atoms with Gasteiger partial charge in [-0.1, -0.05) is 24.3 Å². The molecule has 1 atom stereocenters. The van der Waals surface area contributed by atoms with Crippen LogP contribution in [0.25, 0.3) is 0 Å². The van der Waals surface area contributed by atoms with Crippen molar-refractivity contribution < 1.29 is 0 Å². The number of rotatable bonds is 4. The van der Waals surface area contributed by atoms with E-state index in [4.69, 9.17) is 5.73 Å². The molecule has 6 heteroatoms. The van der Waals surface area contributed by atoms with Gasteiger partial charge in [0.15, 0.2) is 5.96 Å². The zero-order chi connectivity index (χ0) is 15.4. The van der Waals surface area contributed by atoms with E-state index in [0.717, 1.165) is 13.0 Å². The summed E-state index contributed by atoms with van der Waals surface area (Å²) < 4.78 is 0. The Bertz CT molecular complexity index is 659. The molecule has 0 spiro atoms. The fourth-order valence-corrected chi connectivity index (χ4v) is 2.76. The maximum Gasteiger partial charge on any atom is 0.194 e. The summed E-state index contributed by atoms with van der Waals surface area (Å²) in [5, 5.41) is 3.01. The number of hydrogen-bond donors (Lipinski definition) is 2. The molecule has 0 fully saturated rings. The topological polar surface area (TPSA) is 66.5 Å². The van der Waals surface area contributed by atoms with Crippen molar-refractivity contribution in [2.45, 2.75) is 19.4 Å². The number of halogens is 1. The lowest BCUT2D eigenvalue weighted by atomic mass is 10.2. The van der Waals surface area contributed by atoms with Gasteiger partial charge in [0.1, 0.15) is 5.82 Å². The standard InChI is InChI=1S/C17H21N5.HI/c1-13(22-11-9-14-6-2-3-7-15(14)22)12-20-17(18)21-16-8-4-5-10-19-16;/h2-8,10,13H,9,11-12H2,1H3,(H3,18,19,20,21);1H. The van der Waals surface area contributed by atoms with Crippen molar-refractivity contribution in [3.8, 4) is 0 Å². The zero-order valence-electron chi connectivity index (χ0n) is 13.1. The van der Waals surface area contributed by atoms with Gasteiger partial charge in [-0.15, -0.1) is 24.0 Å². The Morgan fingerprint density at radius 2 is 2.09 bits per heavy atom. The number of pyridine rings is 1. The molecule has 0 saturated carbocycles. The van der Waals surface area contributed by atoms with Gasteiger partial charge in [0.2, 0.25) is 0 Å². The number of hydrogen-bond acceptors (Lipinski definition) is 3. The van der Waals surface area contributed by atoms with E-state index < -0.39 is 0 Å². The summed E-state index contributed by atoms with van der Waals surface area (Å²) >= 11 is 0. The third kappa shape index (κ3) is 4.34. The quantitative estimate of drug-likeness (QED) is 0.451. The van der Waals surface area contributed by atoms with Gasteiger partial charge < -0.3 is 16.0 Å². The highest BCUT2D eigenvalue weighted by Gasteiger charge is 2.22. The largest absolute Gasteiger partial charge is 0.370 e. The molecule has 0 amide bonds. The van der Waals surface area contributed by atoms with Crippen LogP contribution in [0.2, 0.25) is 0 Å². The molecular formula is C17H22IN5. The molecule has 1 aromatic heterocycles. The molecule has 0 saturated heterocycles. The summed E-state index contributed by atoms with van der Waals surface area (Å²) in [5.41, 5.74) is 8.66. The number of nitrogens with one attached hydrogen (secondary N) is 1. The molecular weight excluding hydrogens is 401 g/mol. The number of anilines is 2. The van der Waals surface area contributed by atoms with Crippen molar-refractivity contribution in [2.75, 3.05) is 23.3 Å². The Morgan fingerprint density at radius 3 is 2.87 bits per heavy atom. The highest BCUT2D eigenvalue weighted by atomic mass is 127. The summed E-state index contributed by atoms with van der Waals surface area (Å²) in [4.78, 5) is 11.0. The Hall–Kier alpha value is -1.83. The number of aromatic nitrogens is 1. The van der Waals surface area contributed by atoms with Crippen LogP contribution in [0.3, 0.4) is 0 Å². The summed E-state index contributed by atoms with van der Waals surface area (Å²) in [5.74, 6) is 1.11. The van der Waals surface area contributed by atoms with E-state index in [1.54, 1.807) is 6.20 Å². The molecule has 1 aliphatic rings. The van der Waals surface area contributed by atoms with Gasteiger partial charge in [-0.3, -0.25) is 4.99 Å². The number of fused-ring (bicyclic) bond motifs is 1. The van der Waals surface area contributed by atoms with Gasteiger partial charge in [0.05, 0.1) is 6.54 Å². The fourth-order valence-electron chi connectivity index (χ4n) is 2.76. The molecule has 0 aliphatic carbocycles. The van der Waals surface area contributed by atoms with Crippen LogP contribution >= 0.6 is 24.0 Å². The van der Waals surface area contributed by atoms with Crippen LogP contribution in [0, 0.1) is 0 Å². The molecule has 0 radical (unpaired) electrons. The van der Waals surface area contributed by atoms with E-state index >= 15 is 0 Å². The van der Waals surface area contributed by atoms with Gasteiger partial charge in [-0.25, -0.2) is 4.98 Å². The van der Waals surface area contributed by atoms with Crippen molar-refractivity contribution in [3.63, 3.8) is 0 Å². The molecule has 122 valence electrons.